The molecule has 3 aliphatic rings. The molecule has 0 atom stereocenters. The summed E-state index contributed by atoms with van der Waals surface area (Å²) in [6.07, 6.45) is 5.17. The Balaban J connectivity index is 1.25. The molecular formula is C23H28N4O2. The van der Waals surface area contributed by atoms with Crippen LogP contribution in [0, 0.1) is 12.8 Å². The van der Waals surface area contributed by atoms with Crippen LogP contribution in [0.1, 0.15) is 48.3 Å². The lowest BCUT2D eigenvalue weighted by Crippen LogP contribution is -2.48. The van der Waals surface area contributed by atoms with E-state index in [1.54, 1.807) is 6.20 Å². The highest BCUT2D eigenvalue weighted by Gasteiger charge is 2.36. The number of carbonyl (C=O) groups is 1. The Kier molecular flexibility index (Phi) is 4.35. The number of nitrogens with zero attached hydrogens (tertiary/aromatic N) is 4. The van der Waals surface area contributed by atoms with Gasteiger partial charge in [-0.1, -0.05) is 0 Å². The number of aromatic nitrogens is 2. The maximum Gasteiger partial charge on any atom is 0.223 e. The third kappa shape index (κ3) is 3.39. The average Bonchev–Trinajstić information content (AvgIpc) is 3.08. The van der Waals surface area contributed by atoms with E-state index in [2.05, 4.69) is 36.7 Å². The van der Waals surface area contributed by atoms with Crippen LogP contribution in [0.4, 0.5) is 5.69 Å². The molecular weight excluding hydrogens is 364 g/mol. The monoisotopic (exact) mass is 392 g/mol. The number of pyridine rings is 2. The first-order valence-corrected chi connectivity index (χ1v) is 10.5. The standard InChI is InChI=1S/C23H28N4O2/c1-15-20-14-29-23(2,3)8-18(20)19-12-27(13-21(19)25-15)22(28)7-16-10-26(11-16)17-5-4-6-24-9-17/h4-6,9,16H,7-8,10-14H2,1-3H3. The first-order chi connectivity index (χ1) is 13.9. The zero-order chi connectivity index (χ0) is 20.2. The molecule has 3 aliphatic heterocycles. The number of carbonyl (C=O) groups excluding carboxylic acids is 1. The van der Waals surface area contributed by atoms with E-state index in [0.717, 1.165) is 36.6 Å². The molecule has 0 aromatic carbocycles. The van der Waals surface area contributed by atoms with Crippen molar-refractivity contribution in [1.82, 2.24) is 14.9 Å². The number of rotatable bonds is 3. The second-order valence-electron chi connectivity index (χ2n) is 9.24. The summed E-state index contributed by atoms with van der Waals surface area (Å²) in [6, 6.07) is 4.03. The Labute approximate surface area is 171 Å². The summed E-state index contributed by atoms with van der Waals surface area (Å²) >= 11 is 0. The van der Waals surface area contributed by atoms with E-state index >= 15 is 0 Å². The van der Waals surface area contributed by atoms with E-state index in [0.29, 0.717) is 32.0 Å². The van der Waals surface area contributed by atoms with Crippen molar-refractivity contribution in [2.24, 2.45) is 5.92 Å². The quantitative estimate of drug-likeness (QED) is 0.804. The second kappa shape index (κ2) is 6.80. The lowest BCUT2D eigenvalue weighted by atomic mass is 9.88. The Morgan fingerprint density at radius 3 is 2.83 bits per heavy atom. The van der Waals surface area contributed by atoms with E-state index in [1.807, 2.05) is 17.2 Å². The van der Waals surface area contributed by atoms with Crippen LogP contribution < -0.4 is 4.90 Å². The number of aryl methyl sites for hydroxylation is 1. The first kappa shape index (κ1) is 18.6. The molecule has 0 aliphatic carbocycles. The van der Waals surface area contributed by atoms with Crippen molar-refractivity contribution in [2.75, 3.05) is 18.0 Å². The second-order valence-corrected chi connectivity index (χ2v) is 9.24. The fourth-order valence-corrected chi connectivity index (χ4v) is 4.81. The zero-order valence-corrected chi connectivity index (χ0v) is 17.4. The number of hydrogen-bond donors (Lipinski definition) is 0. The van der Waals surface area contributed by atoms with Crippen LogP contribution in [0.15, 0.2) is 24.5 Å². The van der Waals surface area contributed by atoms with E-state index in [4.69, 9.17) is 9.72 Å². The van der Waals surface area contributed by atoms with E-state index in [1.165, 1.54) is 16.7 Å². The van der Waals surface area contributed by atoms with Gasteiger partial charge in [0.05, 0.1) is 36.3 Å². The third-order valence-electron chi connectivity index (χ3n) is 6.50. The maximum atomic E-state index is 13.0. The zero-order valence-electron chi connectivity index (χ0n) is 17.4. The maximum absolute atomic E-state index is 13.0. The molecule has 0 saturated carbocycles. The number of ether oxygens (including phenoxy) is 1. The van der Waals surface area contributed by atoms with E-state index in [9.17, 15) is 4.79 Å². The highest BCUT2D eigenvalue weighted by molar-refractivity contribution is 5.77. The summed E-state index contributed by atoms with van der Waals surface area (Å²) < 4.78 is 6.00. The van der Waals surface area contributed by atoms with Crippen molar-refractivity contribution in [3.8, 4) is 0 Å². The highest BCUT2D eigenvalue weighted by Crippen LogP contribution is 2.36. The van der Waals surface area contributed by atoms with Crippen LogP contribution in [-0.4, -0.2) is 39.5 Å². The van der Waals surface area contributed by atoms with Crippen molar-refractivity contribution in [1.29, 1.82) is 0 Å². The van der Waals surface area contributed by atoms with Crippen molar-refractivity contribution >= 4 is 11.6 Å². The van der Waals surface area contributed by atoms with Gasteiger partial charge in [0.25, 0.3) is 0 Å². The predicted molar refractivity (Wildman–Crippen MR) is 110 cm³/mol. The molecule has 152 valence electrons. The topological polar surface area (TPSA) is 58.6 Å². The summed E-state index contributed by atoms with van der Waals surface area (Å²) in [7, 11) is 0. The summed E-state index contributed by atoms with van der Waals surface area (Å²) in [5.41, 5.74) is 6.97. The summed E-state index contributed by atoms with van der Waals surface area (Å²) in [4.78, 5) is 26.3. The van der Waals surface area contributed by atoms with E-state index in [-0.39, 0.29) is 11.5 Å². The van der Waals surface area contributed by atoms with Crippen molar-refractivity contribution in [3.05, 3.63) is 52.6 Å². The van der Waals surface area contributed by atoms with Gasteiger partial charge in [0.2, 0.25) is 5.91 Å². The molecule has 0 unspecified atom stereocenters. The van der Waals surface area contributed by atoms with Gasteiger partial charge in [0.1, 0.15) is 0 Å². The van der Waals surface area contributed by atoms with Gasteiger partial charge in [-0.15, -0.1) is 0 Å². The average molecular weight is 393 g/mol. The van der Waals surface area contributed by atoms with Crippen LogP contribution in [0.3, 0.4) is 0 Å². The predicted octanol–water partition coefficient (Wildman–Crippen LogP) is 3.01. The van der Waals surface area contributed by atoms with Gasteiger partial charge in [0.15, 0.2) is 0 Å². The molecule has 6 heteroatoms. The van der Waals surface area contributed by atoms with Crippen LogP contribution >= 0.6 is 0 Å². The molecule has 5 heterocycles. The Morgan fingerprint density at radius 1 is 1.24 bits per heavy atom. The Bertz CT molecular complexity index is 951. The van der Waals surface area contributed by atoms with Gasteiger partial charge in [-0.05, 0) is 44.0 Å². The Hall–Kier alpha value is -2.47. The summed E-state index contributed by atoms with van der Waals surface area (Å²) in [5.74, 6) is 0.666. The van der Waals surface area contributed by atoms with Gasteiger partial charge < -0.3 is 14.5 Å². The summed E-state index contributed by atoms with van der Waals surface area (Å²) in [6.45, 7) is 10.1. The minimum Gasteiger partial charge on any atom is -0.370 e. The summed E-state index contributed by atoms with van der Waals surface area (Å²) in [5, 5.41) is 0. The molecule has 2 aromatic heterocycles. The van der Waals surface area contributed by atoms with Gasteiger partial charge in [0, 0.05) is 55.8 Å². The Morgan fingerprint density at radius 2 is 2.07 bits per heavy atom. The van der Waals surface area contributed by atoms with Crippen molar-refractivity contribution < 1.29 is 9.53 Å². The van der Waals surface area contributed by atoms with Gasteiger partial charge >= 0.3 is 0 Å². The normalized spacial score (nSPS) is 20.2. The molecule has 5 rings (SSSR count). The first-order valence-electron chi connectivity index (χ1n) is 10.5. The molecule has 1 amide bonds. The van der Waals surface area contributed by atoms with Gasteiger partial charge in [-0.3, -0.25) is 14.8 Å². The minimum absolute atomic E-state index is 0.159. The molecule has 1 fully saturated rings. The highest BCUT2D eigenvalue weighted by atomic mass is 16.5. The molecule has 29 heavy (non-hydrogen) atoms. The lowest BCUT2D eigenvalue weighted by Gasteiger charge is -2.41. The van der Waals surface area contributed by atoms with Gasteiger partial charge in [-0.2, -0.15) is 0 Å². The van der Waals surface area contributed by atoms with Crippen LogP contribution in [-0.2, 0) is 35.6 Å². The molecule has 6 nitrogen and oxygen atoms in total. The molecule has 0 radical (unpaired) electrons. The van der Waals surface area contributed by atoms with Crippen LogP contribution in [0.25, 0.3) is 0 Å². The number of anilines is 1. The van der Waals surface area contributed by atoms with Crippen LogP contribution in [0.5, 0.6) is 0 Å². The molecule has 0 N–H and O–H groups in total. The van der Waals surface area contributed by atoms with E-state index < -0.39 is 0 Å². The number of hydrogen-bond acceptors (Lipinski definition) is 5. The lowest BCUT2D eigenvalue weighted by molar-refractivity contribution is -0.133. The SMILES string of the molecule is Cc1nc2c(c3c1COC(C)(C)C3)CN(C(=O)CC1CN(c3cccnc3)C1)C2. The number of amides is 1. The van der Waals surface area contributed by atoms with Gasteiger partial charge in [-0.25, -0.2) is 0 Å². The smallest absolute Gasteiger partial charge is 0.223 e. The molecule has 1 saturated heterocycles. The van der Waals surface area contributed by atoms with Crippen molar-refractivity contribution in [3.63, 3.8) is 0 Å². The molecule has 2 aromatic rings. The minimum atomic E-state index is -0.159. The van der Waals surface area contributed by atoms with Crippen LogP contribution in [0.2, 0.25) is 0 Å². The molecule has 0 spiro atoms. The largest absolute Gasteiger partial charge is 0.370 e. The molecule has 0 bridgehead atoms. The van der Waals surface area contributed by atoms with Crippen molar-refractivity contribution in [2.45, 2.75) is 58.9 Å². The fourth-order valence-electron chi connectivity index (χ4n) is 4.81. The third-order valence-corrected chi connectivity index (χ3v) is 6.50. The fraction of sp³-hybridized carbons (Fsp3) is 0.522. The number of fused-ring (bicyclic) bond motifs is 3.